The van der Waals surface area contributed by atoms with E-state index < -0.39 is 6.10 Å². The number of benzene rings is 2. The van der Waals surface area contributed by atoms with E-state index in [2.05, 4.69) is 19.9 Å². The van der Waals surface area contributed by atoms with Gasteiger partial charge in [-0.1, -0.05) is 55.0 Å². The van der Waals surface area contributed by atoms with E-state index in [4.69, 9.17) is 4.74 Å². The summed E-state index contributed by atoms with van der Waals surface area (Å²) < 4.78 is 5.41. The van der Waals surface area contributed by atoms with Crippen LogP contribution in [-0.2, 0) is 6.42 Å². The fraction of sp³-hybridized carbons (Fsp3) is 0.333. The van der Waals surface area contributed by atoms with E-state index >= 15 is 0 Å². The fourth-order valence-corrected chi connectivity index (χ4v) is 2.50. The van der Waals surface area contributed by atoms with Gasteiger partial charge in [0.1, 0.15) is 5.75 Å². The minimum absolute atomic E-state index is 0.132. The molecule has 2 heteroatoms. The molecule has 0 radical (unpaired) electrons. The topological polar surface area (TPSA) is 29.5 Å². The van der Waals surface area contributed by atoms with Gasteiger partial charge in [0, 0.05) is 0 Å². The van der Waals surface area contributed by atoms with Crippen LogP contribution in [0.15, 0.2) is 48.5 Å². The number of ether oxygens (including phenoxy) is 1. The first-order valence-electron chi connectivity index (χ1n) is 6.98. The van der Waals surface area contributed by atoms with Crippen molar-refractivity contribution in [3.05, 3.63) is 65.2 Å². The summed E-state index contributed by atoms with van der Waals surface area (Å²) in [6.07, 6.45) is 0.336. The molecule has 106 valence electrons. The predicted octanol–water partition coefficient (Wildman–Crippen LogP) is 3.92. The van der Waals surface area contributed by atoms with Gasteiger partial charge in [-0.3, -0.25) is 0 Å². The van der Waals surface area contributed by atoms with E-state index in [-0.39, 0.29) is 5.92 Å². The van der Waals surface area contributed by atoms with Crippen LogP contribution >= 0.6 is 0 Å². The van der Waals surface area contributed by atoms with Gasteiger partial charge < -0.3 is 9.84 Å². The molecule has 0 aliphatic heterocycles. The summed E-state index contributed by atoms with van der Waals surface area (Å²) in [5.74, 6) is 1.02. The Morgan fingerprint density at radius 3 is 2.45 bits per heavy atom. The van der Waals surface area contributed by atoms with Crippen molar-refractivity contribution in [1.82, 2.24) is 0 Å². The molecule has 2 aromatic carbocycles. The molecule has 1 N–H and O–H groups in total. The minimum Gasteiger partial charge on any atom is -0.496 e. The summed E-state index contributed by atoms with van der Waals surface area (Å²) in [7, 11) is 1.69. The lowest BCUT2D eigenvalue weighted by Crippen LogP contribution is -2.12. The Morgan fingerprint density at radius 2 is 1.80 bits per heavy atom. The lowest BCUT2D eigenvalue weighted by atomic mass is 9.90. The quantitative estimate of drug-likeness (QED) is 0.892. The van der Waals surface area contributed by atoms with Crippen molar-refractivity contribution in [3.8, 4) is 5.75 Å². The molecule has 0 saturated carbocycles. The van der Waals surface area contributed by atoms with Gasteiger partial charge in [-0.2, -0.15) is 0 Å². The first-order valence-corrected chi connectivity index (χ1v) is 6.98. The number of aliphatic hydroxyl groups excluding tert-OH is 1. The normalized spacial score (nSPS) is 13.8. The van der Waals surface area contributed by atoms with E-state index in [0.29, 0.717) is 0 Å². The van der Waals surface area contributed by atoms with Gasteiger partial charge in [0.05, 0.1) is 13.2 Å². The van der Waals surface area contributed by atoms with Crippen molar-refractivity contribution in [2.75, 3.05) is 7.11 Å². The number of hydrogen-bond donors (Lipinski definition) is 1. The van der Waals surface area contributed by atoms with Crippen LogP contribution in [0, 0.1) is 12.8 Å². The average molecular weight is 270 g/mol. The van der Waals surface area contributed by atoms with E-state index in [1.54, 1.807) is 7.11 Å². The molecule has 0 aromatic heterocycles. The van der Waals surface area contributed by atoms with Crippen LogP contribution in [0.5, 0.6) is 5.75 Å². The van der Waals surface area contributed by atoms with Crippen molar-refractivity contribution in [1.29, 1.82) is 0 Å². The molecule has 0 aliphatic rings. The van der Waals surface area contributed by atoms with Crippen molar-refractivity contribution in [3.63, 3.8) is 0 Å². The number of methoxy groups -OCH3 is 1. The average Bonchev–Trinajstić information content (AvgIpc) is 2.47. The molecule has 0 fully saturated rings. The molecule has 2 nitrogen and oxygen atoms in total. The van der Waals surface area contributed by atoms with E-state index in [1.807, 2.05) is 42.5 Å². The summed E-state index contributed by atoms with van der Waals surface area (Å²) in [6.45, 7) is 4.14. The lowest BCUT2D eigenvalue weighted by molar-refractivity contribution is 0.117. The summed E-state index contributed by atoms with van der Waals surface area (Å²) >= 11 is 0. The smallest absolute Gasteiger partial charge is 0.122 e. The summed E-state index contributed by atoms with van der Waals surface area (Å²) in [5.41, 5.74) is 3.32. The molecule has 2 unspecified atom stereocenters. The Balaban J connectivity index is 2.15. The van der Waals surface area contributed by atoms with E-state index in [0.717, 1.165) is 23.3 Å². The van der Waals surface area contributed by atoms with Crippen molar-refractivity contribution < 1.29 is 9.84 Å². The zero-order chi connectivity index (χ0) is 14.5. The first-order chi connectivity index (χ1) is 9.61. The summed E-state index contributed by atoms with van der Waals surface area (Å²) in [5, 5.41) is 10.4. The summed E-state index contributed by atoms with van der Waals surface area (Å²) in [6, 6.07) is 16.0. The maximum absolute atomic E-state index is 10.4. The van der Waals surface area contributed by atoms with Crippen molar-refractivity contribution in [2.24, 2.45) is 5.92 Å². The Bertz CT molecular complexity index is 549. The third kappa shape index (κ3) is 3.40. The number of hydrogen-bond acceptors (Lipinski definition) is 2. The van der Waals surface area contributed by atoms with Gasteiger partial charge >= 0.3 is 0 Å². The highest BCUT2D eigenvalue weighted by Crippen LogP contribution is 2.29. The molecule has 0 amide bonds. The third-order valence-electron chi connectivity index (χ3n) is 3.66. The maximum Gasteiger partial charge on any atom is 0.122 e. The minimum atomic E-state index is -0.457. The Hall–Kier alpha value is -1.80. The maximum atomic E-state index is 10.4. The molecule has 0 saturated heterocycles. The van der Waals surface area contributed by atoms with Crippen LogP contribution in [0.2, 0.25) is 0 Å². The zero-order valence-corrected chi connectivity index (χ0v) is 12.3. The van der Waals surface area contributed by atoms with Gasteiger partial charge in [0.25, 0.3) is 0 Å². The molecule has 0 heterocycles. The first kappa shape index (κ1) is 14.6. The Morgan fingerprint density at radius 1 is 1.10 bits per heavy atom. The van der Waals surface area contributed by atoms with Crippen LogP contribution in [0.1, 0.15) is 29.7 Å². The molecule has 0 aliphatic carbocycles. The molecule has 20 heavy (non-hydrogen) atoms. The van der Waals surface area contributed by atoms with E-state index in [9.17, 15) is 5.11 Å². The van der Waals surface area contributed by atoms with Gasteiger partial charge in [-0.05, 0) is 36.5 Å². The Kier molecular flexibility index (Phi) is 4.80. The summed E-state index contributed by atoms with van der Waals surface area (Å²) in [4.78, 5) is 0. The van der Waals surface area contributed by atoms with E-state index in [1.165, 1.54) is 5.56 Å². The SMILES string of the molecule is COc1ccc(C)cc1CC(C)C(O)c1ccccc1. The number of aryl methyl sites for hydroxylation is 1. The zero-order valence-electron chi connectivity index (χ0n) is 12.3. The molecule has 2 rings (SSSR count). The second-order valence-electron chi connectivity index (χ2n) is 5.35. The highest BCUT2D eigenvalue weighted by atomic mass is 16.5. The van der Waals surface area contributed by atoms with Gasteiger partial charge in [0.2, 0.25) is 0 Å². The third-order valence-corrected chi connectivity index (χ3v) is 3.66. The lowest BCUT2D eigenvalue weighted by Gasteiger charge is -2.20. The largest absolute Gasteiger partial charge is 0.496 e. The molecule has 2 atom stereocenters. The van der Waals surface area contributed by atoms with Crippen LogP contribution in [0.25, 0.3) is 0 Å². The van der Waals surface area contributed by atoms with Gasteiger partial charge in [-0.25, -0.2) is 0 Å². The second-order valence-corrected chi connectivity index (χ2v) is 5.35. The Labute approximate surface area is 121 Å². The van der Waals surface area contributed by atoms with Crippen molar-refractivity contribution >= 4 is 0 Å². The number of aliphatic hydroxyl groups is 1. The highest BCUT2D eigenvalue weighted by molar-refractivity contribution is 5.37. The van der Waals surface area contributed by atoms with Gasteiger partial charge in [0.15, 0.2) is 0 Å². The standard InChI is InChI=1S/C18H22O2/c1-13-9-10-17(20-3)16(11-13)12-14(2)18(19)15-7-5-4-6-8-15/h4-11,14,18-19H,12H2,1-3H3. The van der Waals surface area contributed by atoms with Crippen LogP contribution < -0.4 is 4.74 Å². The highest BCUT2D eigenvalue weighted by Gasteiger charge is 2.18. The van der Waals surface area contributed by atoms with Crippen molar-refractivity contribution in [2.45, 2.75) is 26.4 Å². The van der Waals surface area contributed by atoms with Crippen LogP contribution in [0.3, 0.4) is 0 Å². The number of rotatable bonds is 5. The molecular weight excluding hydrogens is 248 g/mol. The van der Waals surface area contributed by atoms with Gasteiger partial charge in [-0.15, -0.1) is 0 Å². The fourth-order valence-electron chi connectivity index (χ4n) is 2.50. The van der Waals surface area contributed by atoms with Crippen LogP contribution in [0.4, 0.5) is 0 Å². The predicted molar refractivity (Wildman–Crippen MR) is 82.0 cm³/mol. The molecule has 0 bridgehead atoms. The monoisotopic (exact) mass is 270 g/mol. The molecule has 0 spiro atoms. The molecular formula is C18H22O2. The second kappa shape index (κ2) is 6.58. The van der Waals surface area contributed by atoms with Crippen LogP contribution in [-0.4, -0.2) is 12.2 Å². The molecule has 2 aromatic rings.